The lowest BCUT2D eigenvalue weighted by Crippen LogP contribution is -2.31. The van der Waals surface area contributed by atoms with Crippen molar-refractivity contribution in [1.82, 2.24) is 10.2 Å². The van der Waals surface area contributed by atoms with Gasteiger partial charge in [0.2, 0.25) is 0 Å². The number of aliphatic imine (C=N–C) groups is 1. The summed E-state index contributed by atoms with van der Waals surface area (Å²) >= 11 is 1.87. The number of nitrogens with one attached hydrogen (secondary N) is 1. The van der Waals surface area contributed by atoms with Gasteiger partial charge in [-0.1, -0.05) is 32.5 Å². The molecule has 4 heteroatoms. The molecule has 1 N–H and O–H groups in total. The van der Waals surface area contributed by atoms with Crippen LogP contribution < -0.4 is 5.32 Å². The third-order valence-electron chi connectivity index (χ3n) is 3.18. The first-order chi connectivity index (χ1) is 8.15. The first-order valence-corrected chi connectivity index (χ1v) is 7.73. The highest BCUT2D eigenvalue weighted by Crippen LogP contribution is 2.19. The minimum absolute atomic E-state index is 0.544. The highest BCUT2D eigenvalue weighted by atomic mass is 32.2. The molecule has 1 rings (SSSR count). The van der Waals surface area contributed by atoms with Crippen LogP contribution in [0.2, 0.25) is 0 Å². The highest BCUT2D eigenvalue weighted by molar-refractivity contribution is 8.14. The van der Waals surface area contributed by atoms with Gasteiger partial charge in [0.25, 0.3) is 0 Å². The number of thioether (sulfide) groups is 1. The van der Waals surface area contributed by atoms with Gasteiger partial charge in [-0.3, -0.25) is 4.99 Å². The Labute approximate surface area is 110 Å². The van der Waals surface area contributed by atoms with E-state index in [9.17, 15) is 0 Å². The second-order valence-corrected chi connectivity index (χ2v) is 6.22. The fourth-order valence-corrected chi connectivity index (χ4v) is 2.95. The summed E-state index contributed by atoms with van der Waals surface area (Å²) in [5.41, 5.74) is 0. The van der Waals surface area contributed by atoms with E-state index in [0.29, 0.717) is 11.3 Å². The minimum Gasteiger partial charge on any atom is -0.362 e. The molecule has 1 aliphatic rings. The molecule has 0 spiro atoms. The van der Waals surface area contributed by atoms with Crippen LogP contribution in [0.4, 0.5) is 0 Å². The van der Waals surface area contributed by atoms with E-state index in [4.69, 9.17) is 0 Å². The van der Waals surface area contributed by atoms with Crippen LogP contribution in [-0.4, -0.2) is 47.5 Å². The summed E-state index contributed by atoms with van der Waals surface area (Å²) in [7, 11) is 0. The molecule has 0 bridgehead atoms. The summed E-state index contributed by atoms with van der Waals surface area (Å²) in [6, 6.07) is 0.544. The summed E-state index contributed by atoms with van der Waals surface area (Å²) in [6.45, 7) is 13.5. The molecular weight excluding hydrogens is 230 g/mol. The first kappa shape index (κ1) is 14.8. The summed E-state index contributed by atoms with van der Waals surface area (Å²) in [6.07, 6.45) is 2.49. The van der Waals surface area contributed by atoms with Gasteiger partial charge in [0.1, 0.15) is 0 Å². The van der Waals surface area contributed by atoms with Crippen molar-refractivity contribution in [3.63, 3.8) is 0 Å². The molecule has 0 amide bonds. The molecule has 0 aromatic heterocycles. The monoisotopic (exact) mass is 257 g/mol. The molecule has 0 fully saturated rings. The van der Waals surface area contributed by atoms with E-state index < -0.39 is 0 Å². The Kier molecular flexibility index (Phi) is 6.97. The fourth-order valence-electron chi connectivity index (χ4n) is 2.00. The second-order valence-electron chi connectivity index (χ2n) is 4.79. The Morgan fingerprint density at radius 1 is 1.47 bits per heavy atom. The van der Waals surface area contributed by atoms with E-state index in [2.05, 4.69) is 42.9 Å². The van der Waals surface area contributed by atoms with Gasteiger partial charge in [0.15, 0.2) is 5.17 Å². The lowest BCUT2D eigenvalue weighted by Gasteiger charge is -2.20. The summed E-state index contributed by atoms with van der Waals surface area (Å²) in [4.78, 5) is 6.97. The summed E-state index contributed by atoms with van der Waals surface area (Å²) in [5.74, 6) is 0. The molecule has 1 aliphatic heterocycles. The van der Waals surface area contributed by atoms with Crippen LogP contribution in [0, 0.1) is 0 Å². The van der Waals surface area contributed by atoms with Crippen LogP contribution in [0.1, 0.15) is 40.5 Å². The molecule has 2 atom stereocenters. The van der Waals surface area contributed by atoms with Crippen molar-refractivity contribution in [2.24, 2.45) is 4.99 Å². The van der Waals surface area contributed by atoms with Gasteiger partial charge in [0.05, 0.1) is 6.54 Å². The number of rotatable bonds is 7. The normalized spacial score (nSPS) is 21.7. The van der Waals surface area contributed by atoms with Crippen molar-refractivity contribution in [3.8, 4) is 0 Å². The lowest BCUT2D eigenvalue weighted by molar-refractivity contribution is 0.293. The maximum absolute atomic E-state index is 4.49. The molecule has 0 radical (unpaired) electrons. The summed E-state index contributed by atoms with van der Waals surface area (Å²) < 4.78 is 0. The zero-order valence-corrected chi connectivity index (χ0v) is 12.5. The van der Waals surface area contributed by atoms with Crippen LogP contribution in [0.15, 0.2) is 4.99 Å². The van der Waals surface area contributed by atoms with Crippen molar-refractivity contribution in [3.05, 3.63) is 0 Å². The molecule has 0 aromatic carbocycles. The molecule has 0 saturated heterocycles. The predicted octanol–water partition coefficient (Wildman–Crippen LogP) is 2.58. The Morgan fingerprint density at radius 3 is 2.71 bits per heavy atom. The van der Waals surface area contributed by atoms with Gasteiger partial charge < -0.3 is 10.2 Å². The van der Waals surface area contributed by atoms with Crippen molar-refractivity contribution in [2.45, 2.75) is 51.8 Å². The van der Waals surface area contributed by atoms with Gasteiger partial charge in [-0.15, -0.1) is 0 Å². The topological polar surface area (TPSA) is 27.6 Å². The molecule has 3 nitrogen and oxygen atoms in total. The highest BCUT2D eigenvalue weighted by Gasteiger charge is 2.16. The van der Waals surface area contributed by atoms with Crippen LogP contribution in [-0.2, 0) is 0 Å². The number of nitrogens with zero attached hydrogens (tertiary/aromatic N) is 2. The molecule has 17 heavy (non-hydrogen) atoms. The molecule has 0 aromatic rings. The maximum atomic E-state index is 4.49. The van der Waals surface area contributed by atoms with E-state index in [1.807, 2.05) is 11.8 Å². The Bertz CT molecular complexity index is 239. The van der Waals surface area contributed by atoms with Gasteiger partial charge in [-0.25, -0.2) is 0 Å². The number of hydrogen-bond donors (Lipinski definition) is 1. The van der Waals surface area contributed by atoms with Crippen molar-refractivity contribution in [2.75, 3.05) is 26.2 Å². The third kappa shape index (κ3) is 5.77. The van der Waals surface area contributed by atoms with E-state index >= 15 is 0 Å². The van der Waals surface area contributed by atoms with Crippen LogP contribution >= 0.6 is 11.8 Å². The van der Waals surface area contributed by atoms with Gasteiger partial charge in [-0.05, 0) is 39.4 Å². The van der Waals surface area contributed by atoms with E-state index in [-0.39, 0.29) is 0 Å². The third-order valence-corrected chi connectivity index (χ3v) is 4.20. The minimum atomic E-state index is 0.544. The Hall–Kier alpha value is -0.220. The zero-order chi connectivity index (χ0) is 12.7. The lowest BCUT2D eigenvalue weighted by atomic mass is 10.2. The van der Waals surface area contributed by atoms with Crippen LogP contribution in [0.3, 0.4) is 0 Å². The van der Waals surface area contributed by atoms with Crippen molar-refractivity contribution >= 4 is 16.9 Å². The average Bonchev–Trinajstić information content (AvgIpc) is 2.70. The quantitative estimate of drug-likeness (QED) is 0.759. The number of hydrogen-bond acceptors (Lipinski definition) is 4. The van der Waals surface area contributed by atoms with Gasteiger partial charge >= 0.3 is 0 Å². The largest absolute Gasteiger partial charge is 0.362 e. The van der Waals surface area contributed by atoms with Crippen LogP contribution in [0.25, 0.3) is 0 Å². The first-order valence-electron chi connectivity index (χ1n) is 6.85. The maximum Gasteiger partial charge on any atom is 0.157 e. The molecule has 1 heterocycles. The molecule has 0 saturated carbocycles. The van der Waals surface area contributed by atoms with Crippen molar-refractivity contribution in [1.29, 1.82) is 0 Å². The van der Waals surface area contributed by atoms with E-state index in [1.165, 1.54) is 32.5 Å². The van der Waals surface area contributed by atoms with E-state index in [0.717, 1.165) is 11.7 Å². The van der Waals surface area contributed by atoms with Crippen molar-refractivity contribution < 1.29 is 0 Å². The second kappa shape index (κ2) is 7.98. The predicted molar refractivity (Wildman–Crippen MR) is 79.0 cm³/mol. The molecule has 100 valence electrons. The van der Waals surface area contributed by atoms with E-state index in [1.54, 1.807) is 0 Å². The Balaban J connectivity index is 2.11. The average molecular weight is 257 g/mol. The van der Waals surface area contributed by atoms with Crippen LogP contribution in [0.5, 0.6) is 0 Å². The summed E-state index contributed by atoms with van der Waals surface area (Å²) in [5, 5.41) is 5.31. The van der Waals surface area contributed by atoms with Gasteiger partial charge in [-0.2, -0.15) is 0 Å². The molecular formula is C13H27N3S. The number of amidine groups is 1. The standard InChI is InChI=1S/C13H27N3S/c1-5-16(6-2)9-7-8-11(3)15-13-14-10-12(4)17-13/h11-12H,5-10H2,1-4H3,(H,14,15). The molecule has 0 aliphatic carbocycles. The molecule has 2 unspecified atom stereocenters. The fraction of sp³-hybridized carbons (Fsp3) is 0.923. The zero-order valence-electron chi connectivity index (χ0n) is 11.7. The SMILES string of the molecule is CCN(CC)CCCC(C)NC1=NCC(C)S1. The van der Waals surface area contributed by atoms with Gasteiger partial charge in [0, 0.05) is 11.3 Å². The Morgan fingerprint density at radius 2 is 2.18 bits per heavy atom. The smallest absolute Gasteiger partial charge is 0.157 e.